The Morgan fingerprint density at radius 3 is 2.82 bits per heavy atom. The monoisotopic (exact) mass is 255 g/mol. The third-order valence-electron chi connectivity index (χ3n) is 3.30. The average Bonchev–Trinajstić information content (AvgIpc) is 2.21. The second-order valence-corrected chi connectivity index (χ2v) is 6.42. The number of benzene rings is 1. The van der Waals surface area contributed by atoms with Crippen LogP contribution < -0.4 is 5.14 Å². The predicted molar refractivity (Wildman–Crippen MR) is 65.7 cm³/mol. The molecule has 0 radical (unpaired) electrons. The third kappa shape index (κ3) is 2.86. The summed E-state index contributed by atoms with van der Waals surface area (Å²) in [6.07, 6.45) is 1.36. The van der Waals surface area contributed by atoms with Gasteiger partial charge >= 0.3 is 0 Å². The molecule has 0 saturated heterocycles. The lowest BCUT2D eigenvalue weighted by atomic mass is 9.82. The predicted octanol–water partition coefficient (Wildman–Crippen LogP) is 1.09. The Hall–Kier alpha value is -0.910. The molecule has 1 aromatic carbocycles. The summed E-state index contributed by atoms with van der Waals surface area (Å²) in [7, 11) is -3.49. The lowest BCUT2D eigenvalue weighted by molar-refractivity contribution is 0.104. The highest BCUT2D eigenvalue weighted by Crippen LogP contribution is 2.34. The van der Waals surface area contributed by atoms with Crippen LogP contribution >= 0.6 is 0 Å². The summed E-state index contributed by atoms with van der Waals surface area (Å²) in [5, 5.41) is 15.0. The van der Waals surface area contributed by atoms with Gasteiger partial charge in [0.1, 0.15) is 0 Å². The van der Waals surface area contributed by atoms with E-state index in [9.17, 15) is 13.5 Å². The number of aliphatic hydroxyl groups is 1. The smallest absolute Gasteiger partial charge is 0.213 e. The summed E-state index contributed by atoms with van der Waals surface area (Å²) in [6.45, 7) is 2.02. The number of rotatable bonds is 2. The normalized spacial score (nSPS) is 24.4. The molecule has 0 spiro atoms. The largest absolute Gasteiger partial charge is 0.388 e. The lowest BCUT2D eigenvalue weighted by Crippen LogP contribution is -2.19. The molecule has 94 valence electrons. The van der Waals surface area contributed by atoms with E-state index in [1.807, 2.05) is 19.1 Å². The number of nitrogens with two attached hydrogens (primary N) is 1. The minimum absolute atomic E-state index is 0.147. The van der Waals surface area contributed by atoms with Crippen LogP contribution in [0.5, 0.6) is 0 Å². The highest BCUT2D eigenvalue weighted by Gasteiger charge is 2.24. The number of sulfonamides is 1. The molecule has 0 aliphatic heterocycles. The van der Waals surface area contributed by atoms with Gasteiger partial charge in [0.15, 0.2) is 0 Å². The summed E-state index contributed by atoms with van der Waals surface area (Å²) in [5.41, 5.74) is 2.65. The van der Waals surface area contributed by atoms with Crippen LogP contribution in [0.2, 0.25) is 0 Å². The Balaban J connectivity index is 2.32. The molecule has 0 amide bonds. The van der Waals surface area contributed by atoms with E-state index in [1.54, 1.807) is 6.07 Å². The van der Waals surface area contributed by atoms with E-state index in [0.29, 0.717) is 5.56 Å². The number of aryl methyl sites for hydroxylation is 1. The topological polar surface area (TPSA) is 80.4 Å². The van der Waals surface area contributed by atoms with E-state index >= 15 is 0 Å². The molecule has 1 aliphatic rings. The fourth-order valence-corrected chi connectivity index (χ4v) is 2.98. The Labute approximate surface area is 102 Å². The van der Waals surface area contributed by atoms with E-state index < -0.39 is 16.1 Å². The van der Waals surface area contributed by atoms with Crippen molar-refractivity contribution < 1.29 is 13.5 Å². The van der Waals surface area contributed by atoms with Crippen molar-refractivity contribution in [1.29, 1.82) is 0 Å². The van der Waals surface area contributed by atoms with Gasteiger partial charge in [-0.15, -0.1) is 0 Å². The van der Waals surface area contributed by atoms with Gasteiger partial charge in [0.2, 0.25) is 10.0 Å². The van der Waals surface area contributed by atoms with E-state index in [-0.39, 0.29) is 11.7 Å². The molecule has 0 fully saturated rings. The number of primary sulfonamides is 1. The molecule has 3 N–H and O–H groups in total. The highest BCUT2D eigenvalue weighted by molar-refractivity contribution is 7.88. The van der Waals surface area contributed by atoms with E-state index in [4.69, 9.17) is 5.14 Å². The Morgan fingerprint density at radius 2 is 2.18 bits per heavy atom. The Bertz CT molecular complexity index is 525. The van der Waals surface area contributed by atoms with Crippen molar-refractivity contribution >= 4 is 10.0 Å². The molecule has 4 nitrogen and oxygen atoms in total. The van der Waals surface area contributed by atoms with Gasteiger partial charge in [-0.05, 0) is 35.4 Å². The lowest BCUT2D eigenvalue weighted by Gasteiger charge is -2.27. The summed E-state index contributed by atoms with van der Waals surface area (Å²) in [5.74, 6) is 0.109. The van der Waals surface area contributed by atoms with Crippen LogP contribution in [0.3, 0.4) is 0 Å². The standard InChI is InChI=1S/C12H17NO3S/c1-8-2-4-10-6-9(7-17(13,15)16)3-5-11(10)12(8)14/h3,5-6,8,12,14H,2,4,7H2,1H3,(H2,13,15,16). The first-order chi connectivity index (χ1) is 7.87. The van der Waals surface area contributed by atoms with Gasteiger partial charge in [0, 0.05) is 0 Å². The van der Waals surface area contributed by atoms with Crippen molar-refractivity contribution in [2.45, 2.75) is 31.6 Å². The zero-order valence-corrected chi connectivity index (χ0v) is 10.6. The molecular formula is C12H17NO3S. The molecule has 5 heteroatoms. The molecule has 1 aliphatic carbocycles. The van der Waals surface area contributed by atoms with Gasteiger partial charge in [0.25, 0.3) is 0 Å². The number of aliphatic hydroxyl groups excluding tert-OH is 1. The summed E-state index contributed by atoms with van der Waals surface area (Å²) >= 11 is 0. The van der Waals surface area contributed by atoms with Crippen molar-refractivity contribution in [1.82, 2.24) is 0 Å². The first-order valence-corrected chi connectivity index (χ1v) is 7.38. The maximum absolute atomic E-state index is 11.0. The van der Waals surface area contributed by atoms with Crippen molar-refractivity contribution in [2.24, 2.45) is 11.1 Å². The minimum atomic E-state index is -3.49. The maximum atomic E-state index is 11.0. The molecule has 0 aromatic heterocycles. The summed E-state index contributed by atoms with van der Waals surface area (Å²) in [4.78, 5) is 0. The Kier molecular flexibility index (Phi) is 3.25. The summed E-state index contributed by atoms with van der Waals surface area (Å²) < 4.78 is 22.0. The van der Waals surface area contributed by atoms with Crippen LogP contribution in [0.15, 0.2) is 18.2 Å². The first kappa shape index (κ1) is 12.5. The molecular weight excluding hydrogens is 238 g/mol. The SMILES string of the molecule is CC1CCc2cc(CS(N)(=O)=O)ccc2C1O. The molecule has 1 aromatic rings. The minimum Gasteiger partial charge on any atom is -0.388 e. The zero-order valence-electron chi connectivity index (χ0n) is 9.76. The van der Waals surface area contributed by atoms with Crippen molar-refractivity contribution in [3.05, 3.63) is 34.9 Å². The van der Waals surface area contributed by atoms with Crippen LogP contribution in [0.4, 0.5) is 0 Å². The molecule has 2 unspecified atom stereocenters. The van der Waals surface area contributed by atoms with Crippen molar-refractivity contribution in [2.75, 3.05) is 0 Å². The number of hydrogen-bond acceptors (Lipinski definition) is 3. The van der Waals surface area contributed by atoms with Crippen LogP contribution in [0, 0.1) is 5.92 Å². The van der Waals surface area contributed by atoms with E-state index in [0.717, 1.165) is 24.0 Å². The van der Waals surface area contributed by atoms with Gasteiger partial charge in [0.05, 0.1) is 11.9 Å². The second-order valence-electron chi connectivity index (χ2n) is 4.80. The molecule has 17 heavy (non-hydrogen) atoms. The average molecular weight is 255 g/mol. The van der Waals surface area contributed by atoms with Gasteiger partial charge < -0.3 is 5.11 Å². The number of fused-ring (bicyclic) bond motifs is 1. The molecule has 0 bridgehead atoms. The highest BCUT2D eigenvalue weighted by atomic mass is 32.2. The van der Waals surface area contributed by atoms with Crippen molar-refractivity contribution in [3.8, 4) is 0 Å². The zero-order chi connectivity index (χ0) is 12.6. The summed E-state index contributed by atoms with van der Waals surface area (Å²) in [6, 6.07) is 5.38. The van der Waals surface area contributed by atoms with Crippen LogP contribution in [0.25, 0.3) is 0 Å². The second kappa shape index (κ2) is 4.40. The van der Waals surface area contributed by atoms with Gasteiger partial charge in [-0.1, -0.05) is 25.1 Å². The maximum Gasteiger partial charge on any atom is 0.213 e. The number of hydrogen-bond donors (Lipinski definition) is 2. The van der Waals surface area contributed by atoms with Crippen LogP contribution in [0.1, 0.15) is 36.1 Å². The molecule has 0 saturated carbocycles. The molecule has 2 rings (SSSR count). The van der Waals surface area contributed by atoms with Gasteiger partial charge in [-0.2, -0.15) is 0 Å². The van der Waals surface area contributed by atoms with Gasteiger partial charge in [-0.25, -0.2) is 13.6 Å². The van der Waals surface area contributed by atoms with E-state index in [2.05, 4.69) is 0 Å². The van der Waals surface area contributed by atoms with Crippen LogP contribution in [-0.4, -0.2) is 13.5 Å². The fourth-order valence-electron chi connectivity index (χ4n) is 2.33. The van der Waals surface area contributed by atoms with E-state index in [1.165, 1.54) is 0 Å². The first-order valence-electron chi connectivity index (χ1n) is 5.67. The van der Waals surface area contributed by atoms with Crippen LogP contribution in [-0.2, 0) is 22.2 Å². The van der Waals surface area contributed by atoms with Gasteiger partial charge in [-0.3, -0.25) is 0 Å². The Morgan fingerprint density at radius 1 is 1.47 bits per heavy atom. The molecule has 0 heterocycles. The molecule has 2 atom stereocenters. The quantitative estimate of drug-likeness (QED) is 0.830. The van der Waals surface area contributed by atoms with Crippen molar-refractivity contribution in [3.63, 3.8) is 0 Å². The third-order valence-corrected chi connectivity index (χ3v) is 4.04. The fraction of sp³-hybridized carbons (Fsp3) is 0.500.